The molecule has 5 rings (SSSR count). The molecule has 4 aromatic rings. The fourth-order valence-electron chi connectivity index (χ4n) is 3.99. The zero-order valence-electron chi connectivity index (χ0n) is 17.5. The van der Waals surface area contributed by atoms with Crippen molar-refractivity contribution in [1.82, 2.24) is 30.0 Å². The van der Waals surface area contributed by atoms with Crippen LogP contribution in [0.2, 0.25) is 0 Å². The molecule has 1 aliphatic rings. The molecule has 1 aliphatic heterocycles. The van der Waals surface area contributed by atoms with Crippen LogP contribution in [-0.4, -0.2) is 49.6 Å². The van der Waals surface area contributed by atoms with E-state index in [1.54, 1.807) is 11.0 Å². The Hall–Kier alpha value is -4.15. The van der Waals surface area contributed by atoms with Gasteiger partial charge in [-0.15, -0.1) is 0 Å². The summed E-state index contributed by atoms with van der Waals surface area (Å²) in [6.07, 6.45) is 4.22. The molecule has 1 atom stereocenters. The van der Waals surface area contributed by atoms with E-state index in [9.17, 15) is 13.6 Å². The quantitative estimate of drug-likeness (QED) is 0.456. The number of halogens is 2. The topological polar surface area (TPSA) is 99.2 Å². The number of carbonyl (C=O) groups is 1. The van der Waals surface area contributed by atoms with Crippen molar-refractivity contribution in [3.63, 3.8) is 0 Å². The maximum atomic E-state index is 14.1. The van der Waals surface area contributed by atoms with Gasteiger partial charge in [-0.1, -0.05) is 11.2 Å². The first-order valence-corrected chi connectivity index (χ1v) is 10.2. The second-order valence-corrected chi connectivity index (χ2v) is 7.41. The van der Waals surface area contributed by atoms with Crippen molar-refractivity contribution in [2.45, 2.75) is 18.9 Å². The smallest absolute Gasteiger partial charge is 0.256 e. The molecule has 0 N–H and O–H groups in total. The highest BCUT2D eigenvalue weighted by Crippen LogP contribution is 2.36. The maximum absolute atomic E-state index is 14.1. The van der Waals surface area contributed by atoms with Gasteiger partial charge in [0.05, 0.1) is 36.3 Å². The van der Waals surface area contributed by atoms with Crippen molar-refractivity contribution in [1.29, 1.82) is 0 Å². The van der Waals surface area contributed by atoms with E-state index in [0.29, 0.717) is 30.6 Å². The van der Waals surface area contributed by atoms with Crippen LogP contribution in [0.15, 0.2) is 53.3 Å². The molecule has 0 aliphatic carbocycles. The van der Waals surface area contributed by atoms with E-state index in [-0.39, 0.29) is 23.0 Å². The van der Waals surface area contributed by atoms with Gasteiger partial charge in [-0.3, -0.25) is 4.79 Å². The molecule has 2 aromatic carbocycles. The molecule has 3 heterocycles. The fourth-order valence-corrected chi connectivity index (χ4v) is 3.99. The van der Waals surface area contributed by atoms with E-state index in [0.717, 1.165) is 6.07 Å². The average molecular weight is 452 g/mol. The van der Waals surface area contributed by atoms with Crippen molar-refractivity contribution < 1.29 is 22.8 Å². The monoisotopic (exact) mass is 452 g/mol. The van der Waals surface area contributed by atoms with E-state index in [2.05, 4.69) is 20.3 Å². The van der Waals surface area contributed by atoms with E-state index in [4.69, 9.17) is 9.26 Å². The van der Waals surface area contributed by atoms with Gasteiger partial charge in [-0.2, -0.15) is 20.0 Å². The summed E-state index contributed by atoms with van der Waals surface area (Å²) < 4.78 is 38.7. The summed E-state index contributed by atoms with van der Waals surface area (Å²) in [4.78, 5) is 20.7. The van der Waals surface area contributed by atoms with Gasteiger partial charge in [0, 0.05) is 6.54 Å². The molecular formula is C22H18F2N6O3. The zero-order valence-corrected chi connectivity index (χ0v) is 17.5. The minimum atomic E-state index is -0.553. The lowest BCUT2D eigenvalue weighted by molar-refractivity contribution is 0.0709. The zero-order chi connectivity index (χ0) is 22.9. The average Bonchev–Trinajstić information content (AvgIpc) is 3.59. The highest BCUT2D eigenvalue weighted by atomic mass is 19.1. The predicted molar refractivity (Wildman–Crippen MR) is 111 cm³/mol. The number of likely N-dealkylation sites (tertiary alicyclic amines) is 1. The third-order valence-electron chi connectivity index (χ3n) is 5.48. The van der Waals surface area contributed by atoms with Crippen LogP contribution in [0.4, 0.5) is 8.78 Å². The number of aromatic nitrogens is 5. The van der Waals surface area contributed by atoms with Gasteiger partial charge in [-0.25, -0.2) is 8.78 Å². The SMILES string of the molecule is COc1c(F)cccc1-c1noc(C2CCCN2C(=O)c2cc(F)ccc2-n2nccn2)n1. The Bertz CT molecular complexity index is 1310. The Morgan fingerprint density at radius 2 is 2.00 bits per heavy atom. The van der Waals surface area contributed by atoms with Crippen molar-refractivity contribution in [2.24, 2.45) is 0 Å². The summed E-state index contributed by atoms with van der Waals surface area (Å²) in [6.45, 7) is 0.424. The van der Waals surface area contributed by atoms with E-state index >= 15 is 0 Å². The van der Waals surface area contributed by atoms with Gasteiger partial charge in [0.1, 0.15) is 11.9 Å². The number of rotatable bonds is 5. The molecule has 0 saturated carbocycles. The van der Waals surface area contributed by atoms with Crippen LogP contribution in [-0.2, 0) is 0 Å². The van der Waals surface area contributed by atoms with Gasteiger partial charge in [0.15, 0.2) is 11.6 Å². The lowest BCUT2D eigenvalue weighted by Gasteiger charge is -2.23. The second-order valence-electron chi connectivity index (χ2n) is 7.41. The number of methoxy groups -OCH3 is 1. The van der Waals surface area contributed by atoms with Crippen LogP contribution in [0.3, 0.4) is 0 Å². The molecule has 11 heteroatoms. The van der Waals surface area contributed by atoms with Crippen molar-refractivity contribution >= 4 is 5.91 Å². The lowest BCUT2D eigenvalue weighted by atomic mass is 10.1. The number of carbonyl (C=O) groups excluding carboxylic acids is 1. The summed E-state index contributed by atoms with van der Waals surface area (Å²) in [7, 11) is 1.35. The molecule has 1 unspecified atom stereocenters. The molecule has 0 spiro atoms. The molecule has 168 valence electrons. The molecule has 0 radical (unpaired) electrons. The van der Waals surface area contributed by atoms with Gasteiger partial charge in [0.25, 0.3) is 5.91 Å². The highest BCUT2D eigenvalue weighted by Gasteiger charge is 2.36. The minimum absolute atomic E-state index is 0.000305. The van der Waals surface area contributed by atoms with Crippen LogP contribution in [0, 0.1) is 11.6 Å². The summed E-state index contributed by atoms with van der Waals surface area (Å²) in [6, 6.07) is 7.74. The fraction of sp³-hybridized carbons (Fsp3) is 0.227. The number of ether oxygens (including phenoxy) is 1. The van der Waals surface area contributed by atoms with E-state index in [1.807, 2.05) is 0 Å². The second kappa shape index (κ2) is 8.41. The third kappa shape index (κ3) is 3.71. The van der Waals surface area contributed by atoms with E-state index < -0.39 is 23.6 Å². The third-order valence-corrected chi connectivity index (χ3v) is 5.48. The molecule has 2 aromatic heterocycles. The van der Waals surface area contributed by atoms with Crippen LogP contribution in [0.1, 0.15) is 35.1 Å². The Balaban J connectivity index is 1.48. The van der Waals surface area contributed by atoms with Gasteiger partial charge < -0.3 is 14.2 Å². The maximum Gasteiger partial charge on any atom is 0.256 e. The molecule has 1 amide bonds. The summed E-state index contributed by atoms with van der Waals surface area (Å²) in [5.41, 5.74) is 0.804. The van der Waals surface area contributed by atoms with Gasteiger partial charge in [0.2, 0.25) is 11.7 Å². The highest BCUT2D eigenvalue weighted by molar-refractivity contribution is 5.98. The first-order valence-electron chi connectivity index (χ1n) is 10.2. The standard InChI is InChI=1S/C22H18F2N6O3/c1-32-19-14(4-2-5-16(19)24)20-27-21(33-28-20)18-6-3-11-29(18)22(31)15-12-13(23)7-8-17(15)30-25-9-10-26-30/h2,4-5,7-10,12,18H,3,6,11H2,1H3. The Kier molecular flexibility index (Phi) is 5.29. The van der Waals surface area contributed by atoms with Crippen LogP contribution < -0.4 is 4.74 Å². The van der Waals surface area contributed by atoms with Gasteiger partial charge >= 0.3 is 0 Å². The van der Waals surface area contributed by atoms with Gasteiger partial charge in [-0.05, 0) is 43.2 Å². The Morgan fingerprint density at radius 3 is 2.79 bits per heavy atom. The minimum Gasteiger partial charge on any atom is -0.493 e. The Labute approximate surface area is 186 Å². The lowest BCUT2D eigenvalue weighted by Crippen LogP contribution is -2.31. The predicted octanol–water partition coefficient (Wildman–Crippen LogP) is 3.58. The number of hydrogen-bond donors (Lipinski definition) is 0. The summed E-state index contributed by atoms with van der Waals surface area (Å²) >= 11 is 0. The van der Waals surface area contributed by atoms with Crippen LogP contribution in [0.5, 0.6) is 5.75 Å². The molecule has 1 saturated heterocycles. The van der Waals surface area contributed by atoms with E-state index in [1.165, 1.54) is 48.6 Å². The Morgan fingerprint density at radius 1 is 1.18 bits per heavy atom. The first kappa shape index (κ1) is 20.7. The molecule has 33 heavy (non-hydrogen) atoms. The van der Waals surface area contributed by atoms with Crippen molar-refractivity contribution in [3.8, 4) is 22.8 Å². The first-order chi connectivity index (χ1) is 16.1. The molecular weight excluding hydrogens is 434 g/mol. The van der Waals surface area contributed by atoms with Crippen LogP contribution >= 0.6 is 0 Å². The number of nitrogens with zero attached hydrogens (tertiary/aromatic N) is 6. The summed E-state index contributed by atoms with van der Waals surface area (Å²) in [5.74, 6) is -1.16. The molecule has 0 bridgehead atoms. The van der Waals surface area contributed by atoms with Crippen molar-refractivity contribution in [3.05, 3.63) is 71.9 Å². The number of amides is 1. The summed E-state index contributed by atoms with van der Waals surface area (Å²) in [5, 5.41) is 12.1. The largest absolute Gasteiger partial charge is 0.493 e. The molecule has 1 fully saturated rings. The van der Waals surface area contributed by atoms with Crippen molar-refractivity contribution in [2.75, 3.05) is 13.7 Å². The number of benzene rings is 2. The normalized spacial score (nSPS) is 15.7. The van der Waals surface area contributed by atoms with Crippen LogP contribution in [0.25, 0.3) is 17.1 Å². The number of para-hydroxylation sites is 1. The number of hydrogen-bond acceptors (Lipinski definition) is 7. The molecule has 9 nitrogen and oxygen atoms in total.